The van der Waals surface area contributed by atoms with Crippen LogP contribution in [0.3, 0.4) is 0 Å². The normalized spacial score (nSPS) is 10.4. The highest BCUT2D eigenvalue weighted by Crippen LogP contribution is 2.30. The van der Waals surface area contributed by atoms with Gasteiger partial charge < -0.3 is 5.32 Å². The van der Waals surface area contributed by atoms with E-state index in [2.05, 4.69) is 21.2 Å². The Morgan fingerprint density at radius 3 is 2.71 bits per heavy atom. The second-order valence-corrected chi connectivity index (χ2v) is 5.50. The number of aryl methyl sites for hydroxylation is 1. The highest BCUT2D eigenvalue weighted by atomic mass is 79.9. The molecule has 0 aliphatic carbocycles. The summed E-state index contributed by atoms with van der Waals surface area (Å²) >= 11 is 3.04. The number of hydrogen-bond acceptors (Lipinski definition) is 3. The number of nitrogens with zero attached hydrogens (tertiary/aromatic N) is 1. The van der Waals surface area contributed by atoms with Crippen LogP contribution in [0.2, 0.25) is 0 Å². The molecule has 0 radical (unpaired) electrons. The molecule has 0 atom stereocenters. The van der Waals surface area contributed by atoms with Crippen LogP contribution in [0, 0.1) is 22.9 Å². The molecular formula is C15H14BrFN2O2. The Balaban J connectivity index is 2.11. The Labute approximate surface area is 130 Å². The molecule has 0 aliphatic rings. The number of nitro benzene ring substituents is 1. The van der Waals surface area contributed by atoms with E-state index in [9.17, 15) is 14.5 Å². The summed E-state index contributed by atoms with van der Waals surface area (Å²) in [6.45, 7) is 2.55. The van der Waals surface area contributed by atoms with Crippen molar-refractivity contribution in [2.24, 2.45) is 0 Å². The van der Waals surface area contributed by atoms with Gasteiger partial charge in [0.15, 0.2) is 0 Å². The zero-order chi connectivity index (χ0) is 15.4. The van der Waals surface area contributed by atoms with Gasteiger partial charge in [-0.25, -0.2) is 4.39 Å². The number of halogens is 2. The topological polar surface area (TPSA) is 55.2 Å². The molecule has 0 bridgehead atoms. The molecule has 1 N–H and O–H groups in total. The van der Waals surface area contributed by atoms with E-state index in [1.807, 2.05) is 31.2 Å². The van der Waals surface area contributed by atoms with Gasteiger partial charge in [0.2, 0.25) is 0 Å². The summed E-state index contributed by atoms with van der Waals surface area (Å²) in [4.78, 5) is 10.4. The average Bonchev–Trinajstić information content (AvgIpc) is 2.44. The first-order chi connectivity index (χ1) is 9.99. The maximum absolute atomic E-state index is 13.4. The number of benzene rings is 2. The Hall–Kier alpha value is -1.95. The van der Waals surface area contributed by atoms with Crippen molar-refractivity contribution >= 4 is 27.3 Å². The number of hydrogen-bond donors (Lipinski definition) is 1. The van der Waals surface area contributed by atoms with Crippen LogP contribution in [-0.4, -0.2) is 11.5 Å². The summed E-state index contributed by atoms with van der Waals surface area (Å²) in [5.74, 6) is -0.647. The van der Waals surface area contributed by atoms with Gasteiger partial charge in [-0.2, -0.15) is 0 Å². The predicted molar refractivity (Wildman–Crippen MR) is 84.1 cm³/mol. The largest absolute Gasteiger partial charge is 0.379 e. The maximum Gasteiger partial charge on any atom is 0.295 e. The molecule has 6 heteroatoms. The molecule has 21 heavy (non-hydrogen) atoms. The minimum atomic E-state index is -0.647. The van der Waals surface area contributed by atoms with Crippen molar-refractivity contribution in [2.75, 3.05) is 11.9 Å². The van der Waals surface area contributed by atoms with E-state index in [0.717, 1.165) is 12.5 Å². The monoisotopic (exact) mass is 352 g/mol. The molecule has 0 aromatic heterocycles. The maximum atomic E-state index is 13.4. The lowest BCUT2D eigenvalue weighted by Crippen LogP contribution is -2.08. The summed E-state index contributed by atoms with van der Waals surface area (Å²) in [5, 5.41) is 14.0. The van der Waals surface area contributed by atoms with Gasteiger partial charge in [-0.3, -0.25) is 10.1 Å². The van der Waals surface area contributed by atoms with E-state index in [4.69, 9.17) is 0 Å². The standard InChI is InChI=1S/C15H14BrFN2O2/c1-10-4-2-3-5-11(10)6-7-18-14-8-12(16)13(17)9-15(14)19(20)21/h2-5,8-9,18H,6-7H2,1H3. The minimum absolute atomic E-state index is 0.200. The number of rotatable bonds is 5. The van der Waals surface area contributed by atoms with Crippen LogP contribution in [0.5, 0.6) is 0 Å². The molecule has 110 valence electrons. The predicted octanol–water partition coefficient (Wildman–Crippen LogP) is 4.46. The van der Waals surface area contributed by atoms with E-state index in [-0.39, 0.29) is 10.2 Å². The van der Waals surface area contributed by atoms with Crippen molar-refractivity contribution < 1.29 is 9.31 Å². The average molecular weight is 353 g/mol. The highest BCUT2D eigenvalue weighted by Gasteiger charge is 2.17. The third-order valence-electron chi connectivity index (χ3n) is 3.21. The Kier molecular flexibility index (Phi) is 4.90. The quantitative estimate of drug-likeness (QED) is 0.638. The molecule has 2 aromatic rings. The number of anilines is 1. The lowest BCUT2D eigenvalue weighted by molar-refractivity contribution is -0.384. The highest BCUT2D eigenvalue weighted by molar-refractivity contribution is 9.10. The third kappa shape index (κ3) is 3.78. The van der Waals surface area contributed by atoms with Gasteiger partial charge >= 0.3 is 0 Å². The van der Waals surface area contributed by atoms with E-state index >= 15 is 0 Å². The zero-order valence-electron chi connectivity index (χ0n) is 11.4. The van der Waals surface area contributed by atoms with Crippen molar-refractivity contribution in [1.29, 1.82) is 0 Å². The summed E-state index contributed by atoms with van der Waals surface area (Å²) in [7, 11) is 0. The Morgan fingerprint density at radius 1 is 1.33 bits per heavy atom. The number of nitrogens with one attached hydrogen (secondary N) is 1. The summed E-state index contributed by atoms with van der Waals surface area (Å²) < 4.78 is 13.6. The van der Waals surface area contributed by atoms with E-state index < -0.39 is 10.7 Å². The molecule has 0 amide bonds. The molecule has 2 aromatic carbocycles. The van der Waals surface area contributed by atoms with Gasteiger partial charge in [0.25, 0.3) is 5.69 Å². The van der Waals surface area contributed by atoms with E-state index in [0.29, 0.717) is 12.2 Å². The van der Waals surface area contributed by atoms with E-state index in [1.165, 1.54) is 17.2 Å². The van der Waals surface area contributed by atoms with Crippen LogP contribution in [0.1, 0.15) is 11.1 Å². The van der Waals surface area contributed by atoms with Gasteiger partial charge in [0.1, 0.15) is 11.5 Å². The smallest absolute Gasteiger partial charge is 0.295 e. The van der Waals surface area contributed by atoms with Gasteiger partial charge in [-0.15, -0.1) is 0 Å². The number of nitro groups is 1. The summed E-state index contributed by atoms with van der Waals surface area (Å²) in [5.41, 5.74) is 2.39. The van der Waals surface area contributed by atoms with Crippen molar-refractivity contribution in [3.05, 3.63) is 67.9 Å². The summed E-state index contributed by atoms with van der Waals surface area (Å²) in [6, 6.07) is 10.3. The molecule has 0 saturated heterocycles. The first kappa shape index (κ1) is 15.4. The molecule has 2 rings (SSSR count). The fraction of sp³-hybridized carbons (Fsp3) is 0.200. The van der Waals surface area contributed by atoms with Crippen molar-refractivity contribution in [3.8, 4) is 0 Å². The molecule has 0 spiro atoms. The fourth-order valence-corrected chi connectivity index (χ4v) is 2.39. The first-order valence-electron chi connectivity index (χ1n) is 6.41. The molecule has 0 unspecified atom stereocenters. The summed E-state index contributed by atoms with van der Waals surface area (Å²) in [6.07, 6.45) is 0.735. The van der Waals surface area contributed by atoms with E-state index in [1.54, 1.807) is 0 Å². The van der Waals surface area contributed by atoms with Gasteiger partial charge in [0.05, 0.1) is 15.5 Å². The van der Waals surface area contributed by atoms with Gasteiger partial charge in [-0.05, 0) is 46.5 Å². The van der Waals surface area contributed by atoms with Crippen LogP contribution >= 0.6 is 15.9 Å². The lowest BCUT2D eigenvalue weighted by atomic mass is 10.1. The van der Waals surface area contributed by atoms with Gasteiger partial charge in [-0.1, -0.05) is 24.3 Å². The van der Waals surface area contributed by atoms with Crippen LogP contribution in [-0.2, 0) is 6.42 Å². The first-order valence-corrected chi connectivity index (χ1v) is 7.20. The van der Waals surface area contributed by atoms with Crippen LogP contribution < -0.4 is 5.32 Å². The molecule has 0 fully saturated rings. The zero-order valence-corrected chi connectivity index (χ0v) is 13.0. The van der Waals surface area contributed by atoms with Crippen molar-refractivity contribution in [1.82, 2.24) is 0 Å². The molecule has 0 aliphatic heterocycles. The second-order valence-electron chi connectivity index (χ2n) is 4.64. The van der Waals surface area contributed by atoms with Crippen LogP contribution in [0.25, 0.3) is 0 Å². The van der Waals surface area contributed by atoms with Crippen molar-refractivity contribution in [2.45, 2.75) is 13.3 Å². The third-order valence-corrected chi connectivity index (χ3v) is 3.81. The second kappa shape index (κ2) is 6.67. The van der Waals surface area contributed by atoms with Crippen LogP contribution in [0.4, 0.5) is 15.8 Å². The van der Waals surface area contributed by atoms with Gasteiger partial charge in [0, 0.05) is 6.54 Å². The molecular weight excluding hydrogens is 339 g/mol. The fourth-order valence-electron chi connectivity index (χ4n) is 2.05. The lowest BCUT2D eigenvalue weighted by Gasteiger charge is -2.09. The van der Waals surface area contributed by atoms with Crippen molar-refractivity contribution in [3.63, 3.8) is 0 Å². The molecule has 0 saturated carbocycles. The Bertz CT molecular complexity index is 677. The Morgan fingerprint density at radius 2 is 2.05 bits per heavy atom. The molecule has 4 nitrogen and oxygen atoms in total. The minimum Gasteiger partial charge on any atom is -0.379 e. The SMILES string of the molecule is Cc1ccccc1CCNc1cc(Br)c(F)cc1[N+](=O)[O-]. The molecule has 0 heterocycles. The van der Waals surface area contributed by atoms with Crippen LogP contribution in [0.15, 0.2) is 40.9 Å².